The van der Waals surface area contributed by atoms with Crippen LogP contribution in [0.25, 0.3) is 0 Å². The number of halogens is 3. The molecule has 0 radical (unpaired) electrons. The van der Waals surface area contributed by atoms with Crippen LogP contribution in [0.1, 0.15) is 11.7 Å². The standard InChI is InChI=1S/C14H10F3NO/c15-9-2-4-12-13(6-9)19-14(7-18-12)8-1-3-10(16)11(17)5-8/h1-6,14,18H,7H2. The highest BCUT2D eigenvalue weighted by molar-refractivity contribution is 5.58. The molecule has 1 unspecified atom stereocenters. The van der Waals surface area contributed by atoms with Crippen molar-refractivity contribution in [2.75, 3.05) is 11.9 Å². The quantitative estimate of drug-likeness (QED) is 0.849. The molecule has 3 rings (SSSR count). The van der Waals surface area contributed by atoms with Crippen molar-refractivity contribution in [1.29, 1.82) is 0 Å². The van der Waals surface area contributed by atoms with E-state index in [1.54, 1.807) is 6.07 Å². The Labute approximate surface area is 107 Å². The lowest BCUT2D eigenvalue weighted by molar-refractivity contribution is 0.209. The van der Waals surface area contributed by atoms with Gasteiger partial charge in [-0.1, -0.05) is 6.07 Å². The summed E-state index contributed by atoms with van der Waals surface area (Å²) in [6.45, 7) is 0.406. The molecular formula is C14H10F3NO. The number of fused-ring (bicyclic) bond motifs is 1. The van der Waals surface area contributed by atoms with Crippen LogP contribution < -0.4 is 10.1 Å². The van der Waals surface area contributed by atoms with Crippen molar-refractivity contribution in [1.82, 2.24) is 0 Å². The van der Waals surface area contributed by atoms with E-state index in [4.69, 9.17) is 4.74 Å². The van der Waals surface area contributed by atoms with Crippen LogP contribution in [0.3, 0.4) is 0 Å². The number of anilines is 1. The molecule has 98 valence electrons. The molecule has 1 N–H and O–H groups in total. The van der Waals surface area contributed by atoms with E-state index in [0.29, 0.717) is 23.5 Å². The lowest BCUT2D eigenvalue weighted by Crippen LogP contribution is -2.23. The van der Waals surface area contributed by atoms with Crippen LogP contribution in [0.5, 0.6) is 5.75 Å². The molecular weight excluding hydrogens is 255 g/mol. The van der Waals surface area contributed by atoms with Gasteiger partial charge in [-0.2, -0.15) is 0 Å². The molecule has 5 heteroatoms. The third-order valence-corrected chi connectivity index (χ3v) is 3.01. The molecule has 19 heavy (non-hydrogen) atoms. The van der Waals surface area contributed by atoms with E-state index in [2.05, 4.69) is 5.32 Å². The Morgan fingerprint density at radius 1 is 1.00 bits per heavy atom. The summed E-state index contributed by atoms with van der Waals surface area (Å²) in [5, 5.41) is 3.06. The van der Waals surface area contributed by atoms with Gasteiger partial charge in [0.25, 0.3) is 0 Å². The maximum absolute atomic E-state index is 13.2. The number of hydrogen-bond donors (Lipinski definition) is 1. The first-order chi connectivity index (χ1) is 9.13. The summed E-state index contributed by atoms with van der Waals surface area (Å²) in [6, 6.07) is 7.75. The molecule has 2 nitrogen and oxygen atoms in total. The van der Waals surface area contributed by atoms with Gasteiger partial charge in [0, 0.05) is 6.07 Å². The lowest BCUT2D eigenvalue weighted by Gasteiger charge is -2.27. The zero-order valence-electron chi connectivity index (χ0n) is 9.79. The van der Waals surface area contributed by atoms with Crippen molar-refractivity contribution in [3.05, 3.63) is 59.4 Å². The SMILES string of the molecule is Fc1ccc2c(c1)OC(c1ccc(F)c(F)c1)CN2. The molecule has 1 atom stereocenters. The zero-order chi connectivity index (χ0) is 13.4. The molecule has 0 spiro atoms. The van der Waals surface area contributed by atoms with Crippen LogP contribution in [0.2, 0.25) is 0 Å². The van der Waals surface area contributed by atoms with Crippen LogP contribution in [0.15, 0.2) is 36.4 Å². The van der Waals surface area contributed by atoms with E-state index in [-0.39, 0.29) is 0 Å². The predicted octanol–water partition coefficient (Wildman–Crippen LogP) is 3.65. The number of rotatable bonds is 1. The van der Waals surface area contributed by atoms with Crippen molar-refractivity contribution >= 4 is 5.69 Å². The third-order valence-electron chi connectivity index (χ3n) is 3.01. The van der Waals surface area contributed by atoms with Gasteiger partial charge in [0.15, 0.2) is 11.6 Å². The average molecular weight is 265 g/mol. The summed E-state index contributed by atoms with van der Waals surface area (Å²) in [5.41, 5.74) is 1.18. The molecule has 0 aliphatic carbocycles. The first-order valence-electron chi connectivity index (χ1n) is 5.78. The predicted molar refractivity (Wildman–Crippen MR) is 64.6 cm³/mol. The van der Waals surface area contributed by atoms with Gasteiger partial charge in [-0.3, -0.25) is 0 Å². The summed E-state index contributed by atoms with van der Waals surface area (Å²) >= 11 is 0. The summed E-state index contributed by atoms with van der Waals surface area (Å²) in [5.74, 6) is -1.88. The molecule has 1 aliphatic rings. The molecule has 1 heterocycles. The van der Waals surface area contributed by atoms with Gasteiger partial charge in [-0.25, -0.2) is 13.2 Å². The van der Waals surface area contributed by atoms with E-state index < -0.39 is 23.6 Å². The zero-order valence-corrected chi connectivity index (χ0v) is 9.79. The second kappa shape index (κ2) is 4.50. The van der Waals surface area contributed by atoms with Crippen molar-refractivity contribution in [2.24, 2.45) is 0 Å². The minimum atomic E-state index is -0.925. The molecule has 1 aliphatic heterocycles. The first-order valence-corrected chi connectivity index (χ1v) is 5.78. The van der Waals surface area contributed by atoms with Crippen molar-refractivity contribution < 1.29 is 17.9 Å². The van der Waals surface area contributed by atoms with Gasteiger partial charge in [0.1, 0.15) is 17.7 Å². The van der Waals surface area contributed by atoms with Crippen LogP contribution in [-0.4, -0.2) is 6.54 Å². The van der Waals surface area contributed by atoms with Gasteiger partial charge in [-0.05, 0) is 29.8 Å². The minimum Gasteiger partial charge on any atom is -0.482 e. The highest BCUT2D eigenvalue weighted by atomic mass is 19.2. The molecule has 2 aromatic rings. The number of nitrogens with one attached hydrogen (secondary N) is 1. The normalized spacial score (nSPS) is 17.3. The van der Waals surface area contributed by atoms with E-state index in [1.165, 1.54) is 18.2 Å². The first kappa shape index (κ1) is 11.9. The largest absolute Gasteiger partial charge is 0.482 e. The Hall–Kier alpha value is -2.17. The summed E-state index contributed by atoms with van der Waals surface area (Å²) in [4.78, 5) is 0. The second-order valence-corrected chi connectivity index (χ2v) is 4.30. The average Bonchev–Trinajstić information content (AvgIpc) is 2.41. The van der Waals surface area contributed by atoms with Crippen molar-refractivity contribution in [2.45, 2.75) is 6.10 Å². The maximum atomic E-state index is 13.2. The minimum absolute atomic E-state index is 0.362. The summed E-state index contributed by atoms with van der Waals surface area (Å²) in [6.07, 6.45) is -0.482. The summed E-state index contributed by atoms with van der Waals surface area (Å²) < 4.78 is 44.8. The third kappa shape index (κ3) is 2.23. The molecule has 0 aromatic heterocycles. The van der Waals surface area contributed by atoms with Gasteiger partial charge < -0.3 is 10.1 Å². The van der Waals surface area contributed by atoms with Gasteiger partial charge in [0.05, 0.1) is 12.2 Å². The topological polar surface area (TPSA) is 21.3 Å². The second-order valence-electron chi connectivity index (χ2n) is 4.30. The van der Waals surface area contributed by atoms with E-state index in [1.807, 2.05) is 0 Å². The van der Waals surface area contributed by atoms with Crippen LogP contribution in [-0.2, 0) is 0 Å². The van der Waals surface area contributed by atoms with E-state index >= 15 is 0 Å². The van der Waals surface area contributed by atoms with E-state index in [0.717, 1.165) is 12.1 Å². The molecule has 0 bridgehead atoms. The molecule has 0 saturated heterocycles. The van der Waals surface area contributed by atoms with Crippen molar-refractivity contribution in [3.63, 3.8) is 0 Å². The van der Waals surface area contributed by atoms with Gasteiger partial charge in [0.2, 0.25) is 0 Å². The maximum Gasteiger partial charge on any atom is 0.159 e. The number of hydrogen-bond acceptors (Lipinski definition) is 2. The Morgan fingerprint density at radius 3 is 2.63 bits per heavy atom. The molecule has 0 saturated carbocycles. The fourth-order valence-corrected chi connectivity index (χ4v) is 2.04. The monoisotopic (exact) mass is 265 g/mol. The summed E-state index contributed by atoms with van der Waals surface area (Å²) in [7, 11) is 0. The Morgan fingerprint density at radius 2 is 1.84 bits per heavy atom. The van der Waals surface area contributed by atoms with Crippen LogP contribution in [0, 0.1) is 17.5 Å². The van der Waals surface area contributed by atoms with Gasteiger partial charge in [-0.15, -0.1) is 0 Å². The van der Waals surface area contributed by atoms with Crippen LogP contribution in [0.4, 0.5) is 18.9 Å². The smallest absolute Gasteiger partial charge is 0.159 e. The fraction of sp³-hybridized carbons (Fsp3) is 0.143. The number of benzene rings is 2. The Balaban J connectivity index is 1.90. The number of ether oxygens (including phenoxy) is 1. The van der Waals surface area contributed by atoms with E-state index in [9.17, 15) is 13.2 Å². The highest BCUT2D eigenvalue weighted by Crippen LogP contribution is 2.34. The molecule has 0 fully saturated rings. The molecule has 2 aromatic carbocycles. The molecule has 0 amide bonds. The van der Waals surface area contributed by atoms with Gasteiger partial charge >= 0.3 is 0 Å². The Kier molecular flexibility index (Phi) is 2.81. The van der Waals surface area contributed by atoms with Crippen molar-refractivity contribution in [3.8, 4) is 5.75 Å². The highest BCUT2D eigenvalue weighted by Gasteiger charge is 2.22. The van der Waals surface area contributed by atoms with Crippen LogP contribution >= 0.6 is 0 Å². The Bertz CT molecular complexity index is 630. The lowest BCUT2D eigenvalue weighted by atomic mass is 10.1. The fourth-order valence-electron chi connectivity index (χ4n) is 2.04.